The number of benzene rings is 1. The molecule has 1 fully saturated rings. The van der Waals surface area contributed by atoms with E-state index in [1.807, 2.05) is 24.3 Å². The second-order valence-electron chi connectivity index (χ2n) is 5.70. The number of nitrogens with zero attached hydrogens (tertiary/aromatic N) is 3. The third-order valence-electron chi connectivity index (χ3n) is 4.18. The van der Waals surface area contributed by atoms with Crippen LogP contribution in [0.15, 0.2) is 42.6 Å². The summed E-state index contributed by atoms with van der Waals surface area (Å²) >= 11 is 0. The molecule has 1 aliphatic heterocycles. The minimum atomic E-state index is 0.567. The molecule has 0 saturated carbocycles. The highest BCUT2D eigenvalue weighted by Gasteiger charge is 2.24. The zero-order valence-corrected chi connectivity index (χ0v) is 13.2. The number of ether oxygens (including phenoxy) is 1. The number of methoxy groups -OCH3 is 1. The summed E-state index contributed by atoms with van der Waals surface area (Å²) in [5.41, 5.74) is 1.74. The van der Waals surface area contributed by atoms with Gasteiger partial charge < -0.3 is 15.0 Å². The third-order valence-corrected chi connectivity index (χ3v) is 4.18. The lowest BCUT2D eigenvalue weighted by Gasteiger charge is -2.21. The van der Waals surface area contributed by atoms with Gasteiger partial charge in [0.15, 0.2) is 0 Å². The molecule has 2 heterocycles. The van der Waals surface area contributed by atoms with E-state index in [1.165, 1.54) is 0 Å². The lowest BCUT2D eigenvalue weighted by Crippen LogP contribution is -2.23. The van der Waals surface area contributed by atoms with Crippen LogP contribution in [0, 0.1) is 17.2 Å². The van der Waals surface area contributed by atoms with E-state index < -0.39 is 0 Å². The molecule has 3 rings (SSSR count). The van der Waals surface area contributed by atoms with Gasteiger partial charge in [-0.2, -0.15) is 5.26 Å². The van der Waals surface area contributed by atoms with Crippen LogP contribution in [0.1, 0.15) is 12.0 Å². The average Bonchev–Trinajstić information content (AvgIpc) is 3.09. The van der Waals surface area contributed by atoms with Gasteiger partial charge in [-0.1, -0.05) is 12.1 Å². The van der Waals surface area contributed by atoms with E-state index in [1.54, 1.807) is 19.4 Å². The van der Waals surface area contributed by atoms with E-state index in [9.17, 15) is 0 Å². The minimum Gasteiger partial charge on any atom is -0.495 e. The normalized spacial score (nSPS) is 16.9. The summed E-state index contributed by atoms with van der Waals surface area (Å²) in [7, 11) is 1.71. The van der Waals surface area contributed by atoms with Crippen LogP contribution in [0.4, 0.5) is 11.5 Å². The SMILES string of the molecule is COc1ccccc1N1CC[C@@H](CNc2ccc(C#N)cn2)C1. The molecule has 5 heteroatoms. The number of rotatable bonds is 5. The molecule has 23 heavy (non-hydrogen) atoms. The number of nitriles is 1. The predicted molar refractivity (Wildman–Crippen MR) is 90.8 cm³/mol. The van der Waals surface area contributed by atoms with Crippen LogP contribution in [0.2, 0.25) is 0 Å². The number of hydrogen-bond donors (Lipinski definition) is 1. The topological polar surface area (TPSA) is 61.2 Å². The Hall–Kier alpha value is -2.74. The molecule has 2 aromatic rings. The van der Waals surface area contributed by atoms with Gasteiger partial charge >= 0.3 is 0 Å². The predicted octanol–water partition coefficient (Wildman–Crippen LogP) is 2.90. The molecule has 1 aliphatic rings. The second kappa shape index (κ2) is 7.01. The van der Waals surface area contributed by atoms with Crippen LogP contribution in [-0.4, -0.2) is 31.7 Å². The van der Waals surface area contributed by atoms with Gasteiger partial charge in [0.1, 0.15) is 17.6 Å². The highest BCUT2D eigenvalue weighted by molar-refractivity contribution is 5.59. The zero-order chi connectivity index (χ0) is 16.1. The molecule has 1 aromatic carbocycles. The van der Waals surface area contributed by atoms with E-state index in [4.69, 9.17) is 10.00 Å². The molecule has 5 nitrogen and oxygen atoms in total. The largest absolute Gasteiger partial charge is 0.495 e. The Morgan fingerprint density at radius 3 is 2.96 bits per heavy atom. The number of nitrogens with one attached hydrogen (secondary N) is 1. The molecule has 0 spiro atoms. The van der Waals surface area contributed by atoms with Crippen molar-refractivity contribution in [3.8, 4) is 11.8 Å². The third kappa shape index (κ3) is 3.54. The van der Waals surface area contributed by atoms with Crippen LogP contribution in [0.5, 0.6) is 5.75 Å². The molecule has 0 amide bonds. The summed E-state index contributed by atoms with van der Waals surface area (Å²) < 4.78 is 5.45. The number of para-hydroxylation sites is 2. The average molecular weight is 308 g/mol. The molecule has 0 aliphatic carbocycles. The maximum absolute atomic E-state index is 8.78. The van der Waals surface area contributed by atoms with Gasteiger partial charge in [0.2, 0.25) is 0 Å². The number of pyridine rings is 1. The first-order valence-corrected chi connectivity index (χ1v) is 7.78. The lowest BCUT2D eigenvalue weighted by molar-refractivity contribution is 0.414. The molecule has 0 bridgehead atoms. The fraction of sp³-hybridized carbons (Fsp3) is 0.333. The van der Waals surface area contributed by atoms with Crippen LogP contribution < -0.4 is 15.0 Å². The van der Waals surface area contributed by atoms with Crippen molar-refractivity contribution >= 4 is 11.5 Å². The summed E-state index contributed by atoms with van der Waals surface area (Å²) in [5.74, 6) is 2.31. The Labute approximate surface area is 136 Å². The van der Waals surface area contributed by atoms with Crippen molar-refractivity contribution < 1.29 is 4.74 Å². The molecule has 118 valence electrons. The molecular formula is C18H20N4O. The van der Waals surface area contributed by atoms with Crippen LogP contribution in [0.25, 0.3) is 0 Å². The first kappa shape index (κ1) is 15.2. The molecule has 1 N–H and O–H groups in total. The first-order valence-electron chi connectivity index (χ1n) is 7.78. The quantitative estimate of drug-likeness (QED) is 0.920. The van der Waals surface area contributed by atoms with Crippen LogP contribution in [-0.2, 0) is 0 Å². The van der Waals surface area contributed by atoms with E-state index in [0.29, 0.717) is 11.5 Å². The maximum Gasteiger partial charge on any atom is 0.142 e. The van der Waals surface area contributed by atoms with Gasteiger partial charge in [-0.15, -0.1) is 0 Å². The van der Waals surface area contributed by atoms with E-state index in [0.717, 1.165) is 43.3 Å². The lowest BCUT2D eigenvalue weighted by atomic mass is 10.1. The molecular weight excluding hydrogens is 288 g/mol. The summed E-state index contributed by atoms with van der Waals surface area (Å²) in [4.78, 5) is 6.62. The Kier molecular flexibility index (Phi) is 4.62. The zero-order valence-electron chi connectivity index (χ0n) is 13.2. The minimum absolute atomic E-state index is 0.567. The number of anilines is 2. The van der Waals surface area contributed by atoms with E-state index >= 15 is 0 Å². The molecule has 0 radical (unpaired) electrons. The molecule has 1 saturated heterocycles. The van der Waals surface area contributed by atoms with Crippen molar-refractivity contribution in [1.29, 1.82) is 5.26 Å². The van der Waals surface area contributed by atoms with Gasteiger partial charge in [0, 0.05) is 25.8 Å². The van der Waals surface area contributed by atoms with Crippen molar-refractivity contribution in [3.05, 3.63) is 48.2 Å². The Morgan fingerprint density at radius 2 is 2.22 bits per heavy atom. The maximum atomic E-state index is 8.78. The van der Waals surface area contributed by atoms with Gasteiger partial charge in [-0.05, 0) is 36.6 Å². The molecule has 1 aromatic heterocycles. The van der Waals surface area contributed by atoms with Crippen molar-refractivity contribution in [2.45, 2.75) is 6.42 Å². The van der Waals surface area contributed by atoms with Gasteiger partial charge in [0.05, 0.1) is 18.4 Å². The van der Waals surface area contributed by atoms with E-state index in [-0.39, 0.29) is 0 Å². The van der Waals surface area contributed by atoms with Gasteiger partial charge in [0.25, 0.3) is 0 Å². The Morgan fingerprint density at radius 1 is 1.35 bits per heavy atom. The highest BCUT2D eigenvalue weighted by Crippen LogP contribution is 2.31. The summed E-state index contributed by atoms with van der Waals surface area (Å²) in [6.07, 6.45) is 2.74. The van der Waals surface area contributed by atoms with Crippen molar-refractivity contribution in [3.63, 3.8) is 0 Å². The Bertz CT molecular complexity index is 693. The summed E-state index contributed by atoms with van der Waals surface area (Å²) in [6, 6.07) is 13.9. The monoisotopic (exact) mass is 308 g/mol. The number of hydrogen-bond acceptors (Lipinski definition) is 5. The van der Waals surface area contributed by atoms with Crippen LogP contribution in [0.3, 0.4) is 0 Å². The second-order valence-corrected chi connectivity index (χ2v) is 5.70. The molecule has 1 atom stereocenters. The van der Waals surface area contributed by atoms with Gasteiger partial charge in [-0.25, -0.2) is 4.98 Å². The van der Waals surface area contributed by atoms with Crippen molar-refractivity contribution in [2.75, 3.05) is 37.0 Å². The summed E-state index contributed by atoms with van der Waals surface area (Å²) in [6.45, 7) is 2.92. The standard InChI is InChI=1S/C18H20N4O/c1-23-17-5-3-2-4-16(17)22-9-8-15(13-22)12-21-18-7-6-14(10-19)11-20-18/h2-7,11,15H,8-9,12-13H2,1H3,(H,20,21)/t15-/m0/s1. The van der Waals surface area contributed by atoms with Gasteiger partial charge in [-0.3, -0.25) is 0 Å². The highest BCUT2D eigenvalue weighted by atomic mass is 16.5. The van der Waals surface area contributed by atoms with Crippen LogP contribution >= 0.6 is 0 Å². The first-order chi connectivity index (χ1) is 11.3. The Balaban J connectivity index is 1.56. The van der Waals surface area contributed by atoms with Crippen molar-refractivity contribution in [1.82, 2.24) is 4.98 Å². The van der Waals surface area contributed by atoms with E-state index in [2.05, 4.69) is 27.3 Å². The smallest absolute Gasteiger partial charge is 0.142 e. The molecule has 0 unspecified atom stereocenters. The summed E-state index contributed by atoms with van der Waals surface area (Å²) in [5, 5.41) is 12.1. The van der Waals surface area contributed by atoms with Crippen molar-refractivity contribution in [2.24, 2.45) is 5.92 Å². The number of aromatic nitrogens is 1. The fourth-order valence-corrected chi connectivity index (χ4v) is 2.92. The fourth-order valence-electron chi connectivity index (χ4n) is 2.92.